The molecule has 0 radical (unpaired) electrons. The molecule has 0 aromatic heterocycles. The molecule has 1 fully saturated rings. The molecular formula is C6H12O2S. The van der Waals surface area contributed by atoms with Gasteiger partial charge in [0.05, 0.1) is 13.2 Å². The quantitative estimate of drug-likeness (QED) is 0.468. The summed E-state index contributed by atoms with van der Waals surface area (Å²) in [5.74, 6) is 0.910. The molecule has 1 rings (SSSR count). The van der Waals surface area contributed by atoms with Crippen molar-refractivity contribution in [1.29, 1.82) is 0 Å². The van der Waals surface area contributed by atoms with Gasteiger partial charge < -0.3 is 9.47 Å². The van der Waals surface area contributed by atoms with E-state index in [-0.39, 0.29) is 0 Å². The highest BCUT2D eigenvalue weighted by Crippen LogP contribution is 2.05. The van der Waals surface area contributed by atoms with E-state index in [1.807, 2.05) is 0 Å². The van der Waals surface area contributed by atoms with Gasteiger partial charge in [0.2, 0.25) is 0 Å². The predicted octanol–water partition coefficient (Wildman–Crippen LogP) is 0.722. The molecule has 2 nitrogen and oxygen atoms in total. The third kappa shape index (κ3) is 2.56. The Morgan fingerprint density at radius 1 is 1.56 bits per heavy atom. The average molecular weight is 148 g/mol. The van der Waals surface area contributed by atoms with Crippen LogP contribution in [-0.4, -0.2) is 31.7 Å². The predicted molar refractivity (Wildman–Crippen MR) is 39.0 cm³/mol. The summed E-state index contributed by atoms with van der Waals surface area (Å²) in [6.07, 6.45) is 1.42. The maximum atomic E-state index is 5.34. The molecule has 0 aromatic carbocycles. The summed E-state index contributed by atoms with van der Waals surface area (Å²) in [5.41, 5.74) is 0. The van der Waals surface area contributed by atoms with Crippen LogP contribution in [0.2, 0.25) is 0 Å². The highest BCUT2D eigenvalue weighted by Gasteiger charge is 2.17. The second-order valence-corrected chi connectivity index (χ2v) is 2.55. The molecule has 54 valence electrons. The minimum absolute atomic E-state index is 0.380. The number of rotatable bonds is 4. The number of hydrogen-bond acceptors (Lipinski definition) is 3. The summed E-state index contributed by atoms with van der Waals surface area (Å²) in [7, 11) is 0. The Labute approximate surface area is 60.9 Å². The smallest absolute Gasteiger partial charge is 0.104 e. The van der Waals surface area contributed by atoms with Gasteiger partial charge in [-0.2, -0.15) is 12.6 Å². The van der Waals surface area contributed by atoms with Gasteiger partial charge in [0.15, 0.2) is 0 Å². The van der Waals surface area contributed by atoms with Crippen LogP contribution >= 0.6 is 12.6 Å². The third-order valence-electron chi connectivity index (χ3n) is 1.26. The maximum Gasteiger partial charge on any atom is 0.104 e. The van der Waals surface area contributed by atoms with Crippen LogP contribution < -0.4 is 0 Å². The Kier molecular flexibility index (Phi) is 3.40. The van der Waals surface area contributed by atoms with Gasteiger partial charge >= 0.3 is 0 Å². The molecule has 0 bridgehead atoms. The lowest BCUT2D eigenvalue weighted by atomic mass is 10.3. The summed E-state index contributed by atoms with van der Waals surface area (Å²) in [5, 5.41) is 0. The fraction of sp³-hybridized carbons (Fsp3) is 1.00. The van der Waals surface area contributed by atoms with E-state index in [1.54, 1.807) is 0 Å². The van der Waals surface area contributed by atoms with E-state index in [4.69, 9.17) is 9.47 Å². The first-order valence-corrected chi connectivity index (χ1v) is 3.87. The van der Waals surface area contributed by atoms with Gasteiger partial charge in [0, 0.05) is 6.61 Å². The fourth-order valence-corrected chi connectivity index (χ4v) is 0.754. The lowest BCUT2D eigenvalue weighted by molar-refractivity contribution is -0.129. The molecule has 0 amide bonds. The van der Waals surface area contributed by atoms with Crippen molar-refractivity contribution in [1.82, 2.24) is 0 Å². The molecule has 3 heteroatoms. The Balaban J connectivity index is 1.80. The fourth-order valence-electron chi connectivity index (χ4n) is 0.625. The summed E-state index contributed by atoms with van der Waals surface area (Å²) < 4.78 is 10.3. The lowest BCUT2D eigenvalue weighted by Gasteiger charge is -2.25. The zero-order valence-electron chi connectivity index (χ0n) is 5.38. The van der Waals surface area contributed by atoms with Crippen molar-refractivity contribution in [2.24, 2.45) is 0 Å². The van der Waals surface area contributed by atoms with Crippen molar-refractivity contribution in [2.45, 2.75) is 12.5 Å². The van der Waals surface area contributed by atoms with Gasteiger partial charge in [-0.1, -0.05) is 0 Å². The van der Waals surface area contributed by atoms with Crippen molar-refractivity contribution in [2.75, 3.05) is 25.6 Å². The topological polar surface area (TPSA) is 18.5 Å². The second kappa shape index (κ2) is 4.14. The maximum absolute atomic E-state index is 5.34. The molecule has 1 saturated heterocycles. The molecule has 1 aliphatic rings. The Bertz CT molecular complexity index is 73.5. The molecule has 9 heavy (non-hydrogen) atoms. The standard InChI is InChI=1S/C6H12O2S/c9-3-1-2-8-6-4-7-5-6/h6,9H,1-5H2. The zero-order valence-corrected chi connectivity index (χ0v) is 6.27. The highest BCUT2D eigenvalue weighted by molar-refractivity contribution is 7.80. The molecular weight excluding hydrogens is 136 g/mol. The van der Waals surface area contributed by atoms with Crippen molar-refractivity contribution in [3.8, 4) is 0 Å². The third-order valence-corrected chi connectivity index (χ3v) is 1.58. The van der Waals surface area contributed by atoms with Crippen LogP contribution in [-0.2, 0) is 9.47 Å². The summed E-state index contributed by atoms with van der Waals surface area (Å²) in [6, 6.07) is 0. The van der Waals surface area contributed by atoms with Crippen LogP contribution in [0.4, 0.5) is 0 Å². The number of hydrogen-bond donors (Lipinski definition) is 1. The van der Waals surface area contributed by atoms with Crippen LogP contribution in [0.25, 0.3) is 0 Å². The highest BCUT2D eigenvalue weighted by atomic mass is 32.1. The van der Waals surface area contributed by atoms with Crippen LogP contribution in [0.5, 0.6) is 0 Å². The van der Waals surface area contributed by atoms with E-state index < -0.39 is 0 Å². The molecule has 0 saturated carbocycles. The molecule has 0 N–H and O–H groups in total. The first-order valence-electron chi connectivity index (χ1n) is 3.23. The Morgan fingerprint density at radius 2 is 2.33 bits per heavy atom. The van der Waals surface area contributed by atoms with E-state index >= 15 is 0 Å². The van der Waals surface area contributed by atoms with Crippen molar-refractivity contribution < 1.29 is 9.47 Å². The van der Waals surface area contributed by atoms with E-state index in [9.17, 15) is 0 Å². The largest absolute Gasteiger partial charge is 0.376 e. The van der Waals surface area contributed by atoms with Gasteiger partial charge in [-0.25, -0.2) is 0 Å². The van der Waals surface area contributed by atoms with Crippen LogP contribution in [0, 0.1) is 0 Å². The molecule has 0 atom stereocenters. The van der Waals surface area contributed by atoms with Gasteiger partial charge in [0.1, 0.15) is 6.10 Å². The average Bonchev–Trinajstić information content (AvgIpc) is 1.76. The Hall–Kier alpha value is 0.270. The van der Waals surface area contributed by atoms with Crippen LogP contribution in [0.15, 0.2) is 0 Å². The second-order valence-electron chi connectivity index (χ2n) is 2.11. The lowest BCUT2D eigenvalue weighted by Crippen LogP contribution is -2.36. The minimum atomic E-state index is 0.380. The molecule has 0 aromatic rings. The Morgan fingerprint density at radius 3 is 2.78 bits per heavy atom. The van der Waals surface area contributed by atoms with Crippen molar-refractivity contribution in [3.05, 3.63) is 0 Å². The number of thiol groups is 1. The molecule has 0 spiro atoms. The normalized spacial score (nSPS) is 19.7. The van der Waals surface area contributed by atoms with Crippen molar-refractivity contribution in [3.63, 3.8) is 0 Å². The van der Waals surface area contributed by atoms with E-state index in [0.717, 1.165) is 32.0 Å². The van der Waals surface area contributed by atoms with Crippen LogP contribution in [0.1, 0.15) is 6.42 Å². The minimum Gasteiger partial charge on any atom is -0.376 e. The van der Waals surface area contributed by atoms with Gasteiger partial charge in [-0.15, -0.1) is 0 Å². The summed E-state index contributed by atoms with van der Waals surface area (Å²) in [4.78, 5) is 0. The van der Waals surface area contributed by atoms with Crippen LogP contribution in [0.3, 0.4) is 0 Å². The SMILES string of the molecule is SCCCOC1COC1. The summed E-state index contributed by atoms with van der Waals surface area (Å²) in [6.45, 7) is 2.40. The monoisotopic (exact) mass is 148 g/mol. The zero-order chi connectivity index (χ0) is 6.53. The van der Waals surface area contributed by atoms with Gasteiger partial charge in [0.25, 0.3) is 0 Å². The number of ether oxygens (including phenoxy) is 2. The first-order chi connectivity index (χ1) is 4.43. The van der Waals surface area contributed by atoms with Gasteiger partial charge in [-0.3, -0.25) is 0 Å². The molecule has 1 aliphatic heterocycles. The van der Waals surface area contributed by atoms with Crippen molar-refractivity contribution >= 4 is 12.6 Å². The van der Waals surface area contributed by atoms with E-state index in [0.29, 0.717) is 6.10 Å². The van der Waals surface area contributed by atoms with E-state index in [1.165, 1.54) is 0 Å². The first kappa shape index (κ1) is 7.38. The summed E-state index contributed by atoms with van der Waals surface area (Å²) >= 11 is 4.06. The molecule has 0 unspecified atom stereocenters. The molecule has 1 heterocycles. The van der Waals surface area contributed by atoms with Gasteiger partial charge in [-0.05, 0) is 12.2 Å². The van der Waals surface area contributed by atoms with E-state index in [2.05, 4.69) is 12.6 Å². The molecule has 0 aliphatic carbocycles.